The van der Waals surface area contributed by atoms with Crippen molar-refractivity contribution in [3.63, 3.8) is 0 Å². The number of carbonyl (C=O) groups is 2. The third kappa shape index (κ3) is 6.22. The summed E-state index contributed by atoms with van der Waals surface area (Å²) in [5.41, 5.74) is -0.350. The van der Waals surface area contributed by atoms with Crippen LogP contribution in [0.1, 0.15) is 44.1 Å². The number of carbonyl (C=O) groups excluding carboxylic acids is 2. The van der Waals surface area contributed by atoms with E-state index in [1.165, 1.54) is 6.07 Å². The van der Waals surface area contributed by atoms with Gasteiger partial charge in [0.15, 0.2) is 11.6 Å². The maximum absolute atomic E-state index is 15.0. The molecule has 9 nitrogen and oxygen atoms in total. The fraction of sp³-hybridized carbons (Fsp3) is 0.242. The van der Waals surface area contributed by atoms with E-state index in [0.717, 1.165) is 30.5 Å². The van der Waals surface area contributed by atoms with Crippen LogP contribution in [0.2, 0.25) is 0 Å². The fourth-order valence-corrected chi connectivity index (χ4v) is 5.38. The molecule has 0 radical (unpaired) electrons. The van der Waals surface area contributed by atoms with Gasteiger partial charge in [-0.15, -0.1) is 0 Å². The molecule has 0 saturated heterocycles. The molecule has 0 bridgehead atoms. The number of nitrogens with one attached hydrogen (secondary N) is 3. The normalized spacial score (nSPS) is 13.9. The molecule has 3 aromatic carbocycles. The Balaban J connectivity index is 1.13. The van der Waals surface area contributed by atoms with E-state index in [9.17, 15) is 27.2 Å². The van der Waals surface area contributed by atoms with Crippen molar-refractivity contribution in [3.8, 4) is 11.3 Å². The minimum Gasteiger partial charge on any atom is -0.326 e. The van der Waals surface area contributed by atoms with Crippen LogP contribution in [0.15, 0.2) is 66.9 Å². The second-order valence-corrected chi connectivity index (χ2v) is 11.6. The van der Waals surface area contributed by atoms with E-state index in [1.807, 2.05) is 18.4 Å². The number of fused-ring (bicyclic) bond motifs is 1. The van der Waals surface area contributed by atoms with Gasteiger partial charge in [-0.05, 0) is 94.3 Å². The Morgan fingerprint density at radius 3 is 1.98 bits per heavy atom. The number of alkyl halides is 3. The van der Waals surface area contributed by atoms with Gasteiger partial charge < -0.3 is 20.5 Å². The van der Waals surface area contributed by atoms with Gasteiger partial charge in [-0.1, -0.05) is 0 Å². The third-order valence-corrected chi connectivity index (χ3v) is 7.95. The smallest absolute Gasteiger partial charge is 0.326 e. The number of hydrogen-bond acceptors (Lipinski definition) is 6. The maximum atomic E-state index is 15.0. The van der Waals surface area contributed by atoms with Gasteiger partial charge in [-0.3, -0.25) is 9.59 Å². The first kappa shape index (κ1) is 31.6. The molecule has 47 heavy (non-hydrogen) atoms. The zero-order valence-electron chi connectivity index (χ0n) is 25.3. The Labute approximate surface area is 265 Å². The average Bonchev–Trinajstić information content (AvgIpc) is 3.76. The Hall–Kier alpha value is -5.40. The predicted molar refractivity (Wildman–Crippen MR) is 166 cm³/mol. The van der Waals surface area contributed by atoms with Crippen LogP contribution in [-0.2, 0) is 15.8 Å². The van der Waals surface area contributed by atoms with Crippen molar-refractivity contribution in [1.82, 2.24) is 19.5 Å². The summed E-state index contributed by atoms with van der Waals surface area (Å²) < 4.78 is 70.3. The van der Waals surface area contributed by atoms with E-state index in [-0.39, 0.29) is 47.3 Å². The van der Waals surface area contributed by atoms with E-state index in [0.29, 0.717) is 22.7 Å². The number of amides is 2. The largest absolute Gasteiger partial charge is 0.416 e. The highest BCUT2D eigenvalue weighted by Gasteiger charge is 2.56. The number of aromatic nitrogens is 4. The summed E-state index contributed by atoms with van der Waals surface area (Å²) in [4.78, 5) is 38.5. The van der Waals surface area contributed by atoms with E-state index in [1.54, 1.807) is 37.3 Å². The maximum Gasteiger partial charge on any atom is 0.416 e. The highest BCUT2D eigenvalue weighted by Crippen LogP contribution is 2.47. The van der Waals surface area contributed by atoms with Gasteiger partial charge in [-0.2, -0.15) is 13.2 Å². The monoisotopic (exact) mass is 649 g/mol. The standard InChI is InChI=1S/C33H28F5N7O2/c1-17(2)45-18(3)40-28-24(34)14-19(15-26(28)45)27-25(35)16-39-31(44-27)43-23-10-8-22(9-11-23)42-30(47)32(12-13-32)29(46)41-21-6-4-20(5-7-21)33(36,37)38/h4-11,14-17H,12-13H2,1-3H3,(H,41,46)(H,42,47)(H,39,43,44). The molecule has 2 aromatic heterocycles. The van der Waals surface area contributed by atoms with Crippen LogP contribution in [-0.4, -0.2) is 31.3 Å². The lowest BCUT2D eigenvalue weighted by atomic mass is 10.0. The van der Waals surface area contributed by atoms with E-state index < -0.39 is 40.6 Å². The molecule has 1 aliphatic rings. The molecule has 0 unspecified atom stereocenters. The molecule has 2 heterocycles. The van der Waals surface area contributed by atoms with Crippen molar-refractivity contribution in [3.05, 3.63) is 89.9 Å². The van der Waals surface area contributed by atoms with Gasteiger partial charge in [0, 0.05) is 28.7 Å². The molecule has 5 aromatic rings. The SMILES string of the molecule is Cc1nc2c(F)cc(-c3nc(Nc4ccc(NC(=O)C5(C(=O)Nc6ccc(C(F)(F)F)cc6)CC5)cc4)ncc3F)cc2n1C(C)C. The molecule has 14 heteroatoms. The van der Waals surface area contributed by atoms with Crippen molar-refractivity contribution >= 4 is 45.9 Å². The molecule has 0 spiro atoms. The van der Waals surface area contributed by atoms with Gasteiger partial charge in [0.1, 0.15) is 22.5 Å². The van der Waals surface area contributed by atoms with Crippen LogP contribution >= 0.6 is 0 Å². The van der Waals surface area contributed by atoms with Crippen LogP contribution in [0.4, 0.5) is 45.0 Å². The van der Waals surface area contributed by atoms with E-state index in [4.69, 9.17) is 0 Å². The van der Waals surface area contributed by atoms with Crippen LogP contribution in [0.5, 0.6) is 0 Å². The van der Waals surface area contributed by atoms with Crippen molar-refractivity contribution in [2.24, 2.45) is 5.41 Å². The predicted octanol–water partition coefficient (Wildman–Crippen LogP) is 7.78. The summed E-state index contributed by atoms with van der Waals surface area (Å²) in [5, 5.41) is 8.19. The van der Waals surface area contributed by atoms with Crippen LogP contribution in [0.25, 0.3) is 22.3 Å². The molecule has 1 saturated carbocycles. The Morgan fingerprint density at radius 1 is 0.851 bits per heavy atom. The molecule has 3 N–H and O–H groups in total. The molecule has 2 amide bonds. The average molecular weight is 650 g/mol. The Bertz CT molecular complexity index is 2000. The van der Waals surface area contributed by atoms with E-state index >= 15 is 4.39 Å². The van der Waals surface area contributed by atoms with Crippen LogP contribution in [0, 0.1) is 24.0 Å². The zero-order valence-corrected chi connectivity index (χ0v) is 25.3. The minimum atomic E-state index is -4.51. The number of halogens is 5. The number of benzene rings is 3. The van der Waals surface area contributed by atoms with Gasteiger partial charge in [-0.25, -0.2) is 23.7 Å². The summed E-state index contributed by atoms with van der Waals surface area (Å²) in [5.74, 6) is -1.83. The number of aryl methyl sites for hydroxylation is 1. The van der Waals surface area contributed by atoms with Gasteiger partial charge in [0.2, 0.25) is 17.8 Å². The lowest BCUT2D eigenvalue weighted by Gasteiger charge is -2.16. The minimum absolute atomic E-state index is 0.00505. The quantitative estimate of drug-likeness (QED) is 0.117. The Kier molecular flexibility index (Phi) is 7.90. The molecule has 1 aliphatic carbocycles. The molecular weight excluding hydrogens is 621 g/mol. The van der Waals surface area contributed by atoms with Crippen LogP contribution in [0.3, 0.4) is 0 Å². The second kappa shape index (κ2) is 11.8. The summed E-state index contributed by atoms with van der Waals surface area (Å²) in [6, 6.07) is 13.2. The lowest BCUT2D eigenvalue weighted by molar-refractivity contribution is -0.137. The Morgan fingerprint density at radius 2 is 1.43 bits per heavy atom. The topological polar surface area (TPSA) is 114 Å². The van der Waals surface area contributed by atoms with Crippen LogP contribution < -0.4 is 16.0 Å². The first-order chi connectivity index (χ1) is 22.2. The van der Waals surface area contributed by atoms with Gasteiger partial charge in [0.05, 0.1) is 17.3 Å². The van der Waals surface area contributed by atoms with Crippen molar-refractivity contribution in [1.29, 1.82) is 0 Å². The number of imidazole rings is 1. The lowest BCUT2D eigenvalue weighted by Crippen LogP contribution is -2.35. The van der Waals surface area contributed by atoms with Crippen molar-refractivity contribution in [2.75, 3.05) is 16.0 Å². The number of nitrogens with zero attached hydrogens (tertiary/aromatic N) is 4. The molecular formula is C33H28F5N7O2. The number of hydrogen-bond donors (Lipinski definition) is 3. The van der Waals surface area contributed by atoms with E-state index in [2.05, 4.69) is 30.9 Å². The highest BCUT2D eigenvalue weighted by atomic mass is 19.4. The summed E-state index contributed by atoms with van der Waals surface area (Å²) in [6.45, 7) is 5.66. The zero-order chi connectivity index (χ0) is 33.7. The molecule has 0 atom stereocenters. The van der Waals surface area contributed by atoms with Crippen molar-refractivity contribution in [2.45, 2.75) is 45.8 Å². The first-order valence-corrected chi connectivity index (χ1v) is 14.6. The van der Waals surface area contributed by atoms with Gasteiger partial charge in [0.25, 0.3) is 0 Å². The number of anilines is 4. The highest BCUT2D eigenvalue weighted by molar-refractivity contribution is 6.17. The summed E-state index contributed by atoms with van der Waals surface area (Å²) in [7, 11) is 0. The first-order valence-electron chi connectivity index (χ1n) is 14.6. The molecule has 1 fully saturated rings. The summed E-state index contributed by atoms with van der Waals surface area (Å²) in [6.07, 6.45) is -2.96. The summed E-state index contributed by atoms with van der Waals surface area (Å²) >= 11 is 0. The fourth-order valence-electron chi connectivity index (χ4n) is 5.38. The molecule has 6 rings (SSSR count). The third-order valence-electron chi connectivity index (χ3n) is 7.95. The molecule has 0 aliphatic heterocycles. The van der Waals surface area contributed by atoms with Gasteiger partial charge >= 0.3 is 6.18 Å². The second-order valence-electron chi connectivity index (χ2n) is 11.6. The number of rotatable bonds is 8. The van der Waals surface area contributed by atoms with Crippen molar-refractivity contribution < 1.29 is 31.5 Å². The molecule has 242 valence electrons.